The van der Waals surface area contributed by atoms with Crippen LogP contribution in [0.15, 0.2) is 28.8 Å². The van der Waals surface area contributed by atoms with E-state index in [1.54, 1.807) is 7.11 Å². The zero-order valence-electron chi connectivity index (χ0n) is 13.6. The number of rotatable bonds is 7. The van der Waals surface area contributed by atoms with Gasteiger partial charge in [-0.05, 0) is 38.1 Å². The van der Waals surface area contributed by atoms with Gasteiger partial charge in [0.05, 0.1) is 7.11 Å². The molecule has 1 aromatic carbocycles. The average Bonchev–Trinajstić information content (AvgIpc) is 3.01. The van der Waals surface area contributed by atoms with Crippen LogP contribution in [0.4, 0.5) is 0 Å². The van der Waals surface area contributed by atoms with Gasteiger partial charge in [-0.2, -0.15) is 4.98 Å². The van der Waals surface area contributed by atoms with Crippen LogP contribution in [0.2, 0.25) is 0 Å². The molecule has 2 aromatic rings. The largest absolute Gasteiger partial charge is 0.497 e. The number of ether oxygens (including phenoxy) is 1. The number of benzene rings is 1. The van der Waals surface area contributed by atoms with Crippen LogP contribution in [0.1, 0.15) is 26.2 Å². The van der Waals surface area contributed by atoms with E-state index in [4.69, 9.17) is 15.0 Å². The monoisotopic (exact) mass is 318 g/mol. The van der Waals surface area contributed by atoms with Crippen molar-refractivity contribution in [2.24, 2.45) is 5.73 Å². The average molecular weight is 318 g/mol. The topological polar surface area (TPSA) is 103 Å². The second-order valence-electron chi connectivity index (χ2n) is 5.88. The van der Waals surface area contributed by atoms with Gasteiger partial charge in [-0.25, -0.2) is 0 Å². The fourth-order valence-electron chi connectivity index (χ4n) is 1.93. The first kappa shape index (κ1) is 17.0. The van der Waals surface area contributed by atoms with E-state index in [-0.39, 0.29) is 12.3 Å². The number of nitrogens with one attached hydrogen (secondary N) is 1. The van der Waals surface area contributed by atoms with Crippen LogP contribution >= 0.6 is 0 Å². The van der Waals surface area contributed by atoms with Crippen LogP contribution in [0, 0.1) is 0 Å². The summed E-state index contributed by atoms with van der Waals surface area (Å²) in [5, 5.41) is 6.79. The van der Waals surface area contributed by atoms with Gasteiger partial charge in [0, 0.05) is 30.5 Å². The molecule has 0 aliphatic heterocycles. The standard InChI is InChI=1S/C16H22N4O3/c1-16(2,10-17)19-13(21)8-9-14-18-15(20-23-14)11-4-6-12(22-3)7-5-11/h4-7H,8-10,17H2,1-3H3,(H,19,21). The Hall–Kier alpha value is -2.41. The molecule has 7 heteroatoms. The molecule has 3 N–H and O–H groups in total. The Labute approximate surface area is 135 Å². The minimum atomic E-state index is -0.416. The van der Waals surface area contributed by atoms with Gasteiger partial charge in [0.1, 0.15) is 5.75 Å². The molecule has 2 rings (SSSR count). The lowest BCUT2D eigenvalue weighted by Crippen LogP contribution is -2.48. The lowest BCUT2D eigenvalue weighted by Gasteiger charge is -2.23. The van der Waals surface area contributed by atoms with E-state index in [1.807, 2.05) is 38.1 Å². The second kappa shape index (κ2) is 7.23. The summed E-state index contributed by atoms with van der Waals surface area (Å²) >= 11 is 0. The van der Waals surface area contributed by atoms with E-state index in [0.717, 1.165) is 11.3 Å². The van der Waals surface area contributed by atoms with Gasteiger partial charge in [0.2, 0.25) is 17.6 Å². The normalized spacial score (nSPS) is 11.3. The van der Waals surface area contributed by atoms with Crippen molar-refractivity contribution in [3.63, 3.8) is 0 Å². The van der Waals surface area contributed by atoms with Crippen molar-refractivity contribution in [3.05, 3.63) is 30.2 Å². The third-order valence-electron chi connectivity index (χ3n) is 3.37. The van der Waals surface area contributed by atoms with Crippen molar-refractivity contribution in [2.75, 3.05) is 13.7 Å². The number of nitrogens with two attached hydrogens (primary N) is 1. The van der Waals surface area contributed by atoms with E-state index in [9.17, 15) is 4.79 Å². The summed E-state index contributed by atoms with van der Waals surface area (Å²) in [6.45, 7) is 4.12. The number of carbonyl (C=O) groups is 1. The van der Waals surface area contributed by atoms with Crippen LogP contribution in [-0.2, 0) is 11.2 Å². The van der Waals surface area contributed by atoms with Crippen LogP contribution in [0.5, 0.6) is 5.75 Å². The van der Waals surface area contributed by atoms with E-state index < -0.39 is 5.54 Å². The van der Waals surface area contributed by atoms with Crippen molar-refractivity contribution in [1.29, 1.82) is 0 Å². The molecule has 0 fully saturated rings. The van der Waals surface area contributed by atoms with Crippen LogP contribution in [-0.4, -0.2) is 35.2 Å². The summed E-state index contributed by atoms with van der Waals surface area (Å²) in [5.41, 5.74) is 6.00. The molecule has 1 amide bonds. The Bertz CT molecular complexity index is 650. The quantitative estimate of drug-likeness (QED) is 0.802. The highest BCUT2D eigenvalue weighted by atomic mass is 16.5. The minimum Gasteiger partial charge on any atom is -0.497 e. The zero-order valence-corrected chi connectivity index (χ0v) is 13.6. The van der Waals surface area contributed by atoms with Gasteiger partial charge in [-0.3, -0.25) is 4.79 Å². The molecule has 1 aromatic heterocycles. The molecular weight excluding hydrogens is 296 g/mol. The molecule has 1 heterocycles. The van der Waals surface area contributed by atoms with E-state index in [1.165, 1.54) is 0 Å². The second-order valence-corrected chi connectivity index (χ2v) is 5.88. The third kappa shape index (κ3) is 4.79. The summed E-state index contributed by atoms with van der Waals surface area (Å²) < 4.78 is 10.3. The molecular formula is C16H22N4O3. The number of aryl methyl sites for hydroxylation is 1. The Morgan fingerprint density at radius 2 is 2.04 bits per heavy atom. The molecule has 7 nitrogen and oxygen atoms in total. The Balaban J connectivity index is 1.93. The molecule has 0 bridgehead atoms. The number of amides is 1. The number of hydrogen-bond acceptors (Lipinski definition) is 6. The fraction of sp³-hybridized carbons (Fsp3) is 0.438. The Morgan fingerprint density at radius 1 is 1.35 bits per heavy atom. The van der Waals surface area contributed by atoms with Crippen molar-refractivity contribution < 1.29 is 14.1 Å². The number of carbonyl (C=O) groups excluding carboxylic acids is 1. The fourth-order valence-corrected chi connectivity index (χ4v) is 1.93. The number of aromatic nitrogens is 2. The molecule has 0 atom stereocenters. The van der Waals surface area contributed by atoms with Gasteiger partial charge < -0.3 is 20.3 Å². The SMILES string of the molecule is COc1ccc(-c2noc(CCC(=O)NC(C)(C)CN)n2)cc1. The van der Waals surface area contributed by atoms with Crippen LogP contribution in [0.25, 0.3) is 11.4 Å². The maximum atomic E-state index is 11.9. The van der Waals surface area contributed by atoms with Crippen molar-refractivity contribution in [1.82, 2.24) is 15.5 Å². The summed E-state index contributed by atoms with van der Waals surface area (Å²) in [6.07, 6.45) is 0.656. The van der Waals surface area contributed by atoms with Crippen LogP contribution in [0.3, 0.4) is 0 Å². The summed E-state index contributed by atoms with van der Waals surface area (Å²) in [5.74, 6) is 1.59. The van der Waals surface area contributed by atoms with Gasteiger partial charge in [0.25, 0.3) is 0 Å². The van der Waals surface area contributed by atoms with Gasteiger partial charge >= 0.3 is 0 Å². The molecule has 0 unspecified atom stereocenters. The molecule has 0 aliphatic rings. The molecule has 0 saturated carbocycles. The Morgan fingerprint density at radius 3 is 2.65 bits per heavy atom. The van der Waals surface area contributed by atoms with E-state index >= 15 is 0 Å². The summed E-state index contributed by atoms with van der Waals surface area (Å²) in [7, 11) is 1.61. The highest BCUT2D eigenvalue weighted by Gasteiger charge is 2.18. The van der Waals surface area contributed by atoms with Gasteiger partial charge in [0.15, 0.2) is 0 Å². The molecule has 0 aliphatic carbocycles. The van der Waals surface area contributed by atoms with Gasteiger partial charge in [-0.15, -0.1) is 0 Å². The maximum Gasteiger partial charge on any atom is 0.227 e. The maximum absolute atomic E-state index is 11.9. The molecule has 0 saturated heterocycles. The number of methoxy groups -OCH3 is 1. The zero-order chi connectivity index (χ0) is 16.9. The number of hydrogen-bond donors (Lipinski definition) is 2. The smallest absolute Gasteiger partial charge is 0.227 e. The molecule has 0 radical (unpaired) electrons. The minimum absolute atomic E-state index is 0.0929. The summed E-state index contributed by atoms with van der Waals surface area (Å²) in [6, 6.07) is 7.36. The predicted octanol–water partition coefficient (Wildman–Crippen LogP) is 1.53. The number of nitrogens with zero attached hydrogens (tertiary/aromatic N) is 2. The summed E-state index contributed by atoms with van der Waals surface area (Å²) in [4.78, 5) is 16.2. The van der Waals surface area contributed by atoms with Crippen molar-refractivity contribution in [3.8, 4) is 17.1 Å². The lowest BCUT2D eigenvalue weighted by atomic mass is 10.1. The van der Waals surface area contributed by atoms with Gasteiger partial charge in [-0.1, -0.05) is 5.16 Å². The molecule has 23 heavy (non-hydrogen) atoms. The van der Waals surface area contributed by atoms with E-state index in [0.29, 0.717) is 24.7 Å². The molecule has 124 valence electrons. The Kier molecular flexibility index (Phi) is 5.33. The van der Waals surface area contributed by atoms with E-state index in [2.05, 4.69) is 15.5 Å². The third-order valence-corrected chi connectivity index (χ3v) is 3.37. The first-order valence-corrected chi connectivity index (χ1v) is 7.41. The highest BCUT2D eigenvalue weighted by molar-refractivity contribution is 5.76. The lowest BCUT2D eigenvalue weighted by molar-refractivity contribution is -0.122. The predicted molar refractivity (Wildman–Crippen MR) is 85.9 cm³/mol. The first-order chi connectivity index (χ1) is 10.9. The highest BCUT2D eigenvalue weighted by Crippen LogP contribution is 2.20. The molecule has 0 spiro atoms. The van der Waals surface area contributed by atoms with Crippen molar-refractivity contribution >= 4 is 5.91 Å². The van der Waals surface area contributed by atoms with Crippen LogP contribution < -0.4 is 15.8 Å². The first-order valence-electron chi connectivity index (χ1n) is 7.41. The van der Waals surface area contributed by atoms with Crippen molar-refractivity contribution in [2.45, 2.75) is 32.2 Å².